The van der Waals surface area contributed by atoms with Gasteiger partial charge in [0.25, 0.3) is 0 Å². The summed E-state index contributed by atoms with van der Waals surface area (Å²) in [6.07, 6.45) is 2.73. The van der Waals surface area contributed by atoms with Crippen LogP contribution in [0.2, 0.25) is 6.32 Å². The van der Waals surface area contributed by atoms with Gasteiger partial charge in [-0.2, -0.15) is 22.7 Å². The van der Waals surface area contributed by atoms with Crippen molar-refractivity contribution in [2.24, 2.45) is 0 Å². The first-order valence-electron chi connectivity index (χ1n) is 16.8. The highest BCUT2D eigenvalue weighted by atomic mass is 16.1. The Labute approximate surface area is 281 Å². The molecular weight excluding hydrogens is 569 g/mol. The van der Waals surface area contributed by atoms with Crippen molar-refractivity contribution in [3.05, 3.63) is 193 Å². The molecule has 47 heavy (non-hydrogen) atoms. The molecule has 6 aromatic rings. The highest BCUT2D eigenvalue weighted by molar-refractivity contribution is 7.11. The second-order valence-electron chi connectivity index (χ2n) is 13.0. The lowest BCUT2D eigenvalue weighted by Gasteiger charge is -2.43. The first-order chi connectivity index (χ1) is 22.9. The predicted octanol–water partition coefficient (Wildman–Crippen LogP) is 8.64. The zero-order chi connectivity index (χ0) is 33.0. The molecule has 0 N–H and O–H groups in total. The summed E-state index contributed by atoms with van der Waals surface area (Å²) in [5.74, 6) is 0.0685. The minimum atomic E-state index is -0.913. The maximum Gasteiger partial charge on any atom is 0.193 e. The van der Waals surface area contributed by atoms with Crippen LogP contribution in [-0.4, -0.2) is 26.0 Å². The summed E-state index contributed by atoms with van der Waals surface area (Å²) < 4.78 is 0.771. The Bertz CT molecular complexity index is 1690. The van der Waals surface area contributed by atoms with Gasteiger partial charge >= 0.3 is 0 Å². The molecule has 0 amide bonds. The SMILES string of the molecule is CCCC[B-](c1ccccc1)(c1ccccc1)c1ccccc1.C[N+](C)(Cc1ccc(C(=O)c2ccccc2)cc1)c1ccccc1. The van der Waals surface area contributed by atoms with Crippen LogP contribution in [0.5, 0.6) is 0 Å². The van der Waals surface area contributed by atoms with Crippen molar-refractivity contribution in [1.82, 2.24) is 4.48 Å². The van der Waals surface area contributed by atoms with Gasteiger partial charge in [0.1, 0.15) is 12.2 Å². The van der Waals surface area contributed by atoms with Gasteiger partial charge in [0, 0.05) is 16.7 Å². The molecule has 0 aromatic heterocycles. The number of hydrogen-bond donors (Lipinski definition) is 0. The van der Waals surface area contributed by atoms with Crippen LogP contribution in [0.3, 0.4) is 0 Å². The summed E-state index contributed by atoms with van der Waals surface area (Å²) in [6.45, 7) is 3.16. The Kier molecular flexibility index (Phi) is 11.4. The van der Waals surface area contributed by atoms with Gasteiger partial charge in [-0.1, -0.05) is 184 Å². The van der Waals surface area contributed by atoms with Gasteiger partial charge in [-0.15, -0.1) is 0 Å². The standard InChI is InChI=1S/C22H24B.C22H22NO/c1-2-3-19-23(20-13-7-4-8-14-20,21-15-9-5-10-16-21)22-17-11-6-12-18-22;1-23(2,21-11-7-4-8-12-21)17-18-13-15-20(16-14-18)22(24)19-9-5-3-6-10-19/h4-18H,2-3,19H2,1H3;3-16H,17H2,1-2H3/q-1;+1. The van der Waals surface area contributed by atoms with Crippen molar-refractivity contribution < 1.29 is 4.79 Å². The Hall–Kier alpha value is -4.99. The number of carbonyl (C=O) groups is 1. The van der Waals surface area contributed by atoms with Crippen LogP contribution in [0, 0.1) is 0 Å². The second kappa shape index (κ2) is 16.0. The van der Waals surface area contributed by atoms with Crippen molar-refractivity contribution >= 4 is 34.0 Å². The molecule has 2 nitrogen and oxygen atoms in total. The Balaban J connectivity index is 0.000000185. The van der Waals surface area contributed by atoms with Gasteiger partial charge in [0.15, 0.2) is 5.78 Å². The molecule has 0 aliphatic carbocycles. The molecule has 0 saturated carbocycles. The first-order valence-corrected chi connectivity index (χ1v) is 16.8. The number of rotatable bonds is 11. The van der Waals surface area contributed by atoms with E-state index >= 15 is 0 Å². The van der Waals surface area contributed by atoms with Gasteiger partial charge in [-0.05, 0) is 12.1 Å². The molecular formula is C44H46BNO. The summed E-state index contributed by atoms with van der Waals surface area (Å²) in [6, 6.07) is 61.0. The fraction of sp³-hybridized carbons (Fsp3) is 0.159. The second-order valence-corrected chi connectivity index (χ2v) is 13.0. The van der Waals surface area contributed by atoms with Crippen molar-refractivity contribution in [3.63, 3.8) is 0 Å². The summed E-state index contributed by atoms with van der Waals surface area (Å²) in [7, 11) is 4.39. The predicted molar refractivity (Wildman–Crippen MR) is 204 cm³/mol. The van der Waals surface area contributed by atoms with E-state index in [1.165, 1.54) is 46.8 Å². The third-order valence-corrected chi connectivity index (χ3v) is 9.38. The molecule has 0 aliphatic heterocycles. The van der Waals surface area contributed by atoms with E-state index in [-0.39, 0.29) is 5.78 Å². The number of para-hydroxylation sites is 1. The maximum atomic E-state index is 12.5. The van der Waals surface area contributed by atoms with E-state index in [1.807, 2.05) is 48.5 Å². The Morgan fingerprint density at radius 2 is 0.894 bits per heavy atom. The third-order valence-electron chi connectivity index (χ3n) is 9.38. The molecule has 0 atom stereocenters. The van der Waals surface area contributed by atoms with Crippen LogP contribution in [0.25, 0.3) is 0 Å². The topological polar surface area (TPSA) is 17.1 Å². The number of ketones is 1. The molecule has 0 radical (unpaired) electrons. The van der Waals surface area contributed by atoms with Crippen LogP contribution in [0.4, 0.5) is 5.69 Å². The normalized spacial score (nSPS) is 11.3. The van der Waals surface area contributed by atoms with Crippen molar-refractivity contribution in [2.45, 2.75) is 32.6 Å². The number of unbranched alkanes of at least 4 members (excludes halogenated alkanes) is 1. The zero-order valence-electron chi connectivity index (χ0n) is 28.0. The van der Waals surface area contributed by atoms with E-state index in [9.17, 15) is 4.79 Å². The van der Waals surface area contributed by atoms with E-state index < -0.39 is 6.15 Å². The van der Waals surface area contributed by atoms with E-state index in [0.717, 1.165) is 22.2 Å². The van der Waals surface area contributed by atoms with Gasteiger partial charge in [0.05, 0.1) is 20.2 Å². The molecule has 236 valence electrons. The average Bonchev–Trinajstić information content (AvgIpc) is 3.14. The van der Waals surface area contributed by atoms with Crippen molar-refractivity contribution in [2.75, 3.05) is 14.1 Å². The number of carbonyl (C=O) groups excluding carboxylic acids is 1. The van der Waals surface area contributed by atoms with Crippen LogP contribution in [0.15, 0.2) is 176 Å². The molecule has 0 bridgehead atoms. The summed E-state index contributed by atoms with van der Waals surface area (Å²) in [5, 5.41) is 0. The number of benzene rings is 6. The average molecular weight is 616 g/mol. The molecule has 3 heteroatoms. The summed E-state index contributed by atoms with van der Waals surface area (Å²) in [4.78, 5) is 12.5. The molecule has 0 spiro atoms. The van der Waals surface area contributed by atoms with Crippen LogP contribution in [0.1, 0.15) is 41.3 Å². The van der Waals surface area contributed by atoms with E-state index in [2.05, 4.69) is 148 Å². The highest BCUT2D eigenvalue weighted by Crippen LogP contribution is 2.22. The summed E-state index contributed by atoms with van der Waals surface area (Å²) >= 11 is 0. The fourth-order valence-corrected chi connectivity index (χ4v) is 6.83. The maximum absolute atomic E-state index is 12.5. The summed E-state index contributed by atoms with van der Waals surface area (Å²) in [5.41, 5.74) is 8.27. The lowest BCUT2D eigenvalue weighted by atomic mass is 9.14. The molecule has 0 fully saturated rings. The largest absolute Gasteiger partial charge is 0.292 e. The van der Waals surface area contributed by atoms with Crippen LogP contribution < -0.4 is 20.9 Å². The van der Waals surface area contributed by atoms with Gasteiger partial charge in [-0.3, -0.25) is 9.28 Å². The lowest BCUT2D eigenvalue weighted by Crippen LogP contribution is -2.66. The van der Waals surface area contributed by atoms with E-state index in [1.54, 1.807) is 0 Å². The lowest BCUT2D eigenvalue weighted by molar-refractivity contribution is 0.103. The van der Waals surface area contributed by atoms with Crippen LogP contribution >= 0.6 is 0 Å². The van der Waals surface area contributed by atoms with E-state index in [0.29, 0.717) is 0 Å². The quantitative estimate of drug-likeness (QED) is 0.0810. The number of quaternary nitrogens is 1. The van der Waals surface area contributed by atoms with Gasteiger partial charge < -0.3 is 0 Å². The Morgan fingerprint density at radius 1 is 0.511 bits per heavy atom. The molecule has 0 saturated heterocycles. The minimum Gasteiger partial charge on any atom is -0.292 e. The first kappa shape index (κ1) is 33.4. The molecule has 6 aromatic carbocycles. The smallest absolute Gasteiger partial charge is 0.193 e. The van der Waals surface area contributed by atoms with Crippen LogP contribution in [-0.2, 0) is 6.54 Å². The van der Waals surface area contributed by atoms with Gasteiger partial charge in [-0.25, -0.2) is 0 Å². The molecule has 0 heterocycles. The number of hydrogen-bond acceptors (Lipinski definition) is 1. The fourth-order valence-electron chi connectivity index (χ4n) is 6.83. The third kappa shape index (κ3) is 8.25. The van der Waals surface area contributed by atoms with E-state index in [4.69, 9.17) is 0 Å². The van der Waals surface area contributed by atoms with Gasteiger partial charge in [0.2, 0.25) is 0 Å². The monoisotopic (exact) mass is 615 g/mol. The number of nitrogens with zero attached hydrogens (tertiary/aromatic N) is 1. The Morgan fingerprint density at radius 3 is 1.32 bits per heavy atom. The highest BCUT2D eigenvalue weighted by Gasteiger charge is 2.28. The molecule has 0 aliphatic rings. The minimum absolute atomic E-state index is 0.0685. The van der Waals surface area contributed by atoms with Crippen molar-refractivity contribution in [3.8, 4) is 0 Å². The zero-order valence-corrected chi connectivity index (χ0v) is 28.0. The molecule has 6 rings (SSSR count). The molecule has 0 unspecified atom stereocenters. The van der Waals surface area contributed by atoms with Crippen molar-refractivity contribution in [1.29, 1.82) is 0 Å².